The van der Waals surface area contributed by atoms with E-state index in [4.69, 9.17) is 10.9 Å². The first kappa shape index (κ1) is 11.5. The fourth-order valence-corrected chi connectivity index (χ4v) is 1.48. The van der Waals surface area contributed by atoms with Gasteiger partial charge in [-0.1, -0.05) is 5.16 Å². The largest absolute Gasteiger partial charge is 0.409 e. The lowest BCUT2D eigenvalue weighted by atomic mass is 10.3. The number of sulfone groups is 1. The van der Waals surface area contributed by atoms with E-state index in [1.165, 1.54) is 17.1 Å². The third-order valence-electron chi connectivity index (χ3n) is 1.95. The summed E-state index contributed by atoms with van der Waals surface area (Å²) in [5.41, 5.74) is 5.36. The summed E-state index contributed by atoms with van der Waals surface area (Å²) in [5.74, 6) is -0.0434. The van der Waals surface area contributed by atoms with Gasteiger partial charge in [0.15, 0.2) is 15.7 Å². The van der Waals surface area contributed by atoms with Crippen molar-refractivity contribution in [2.24, 2.45) is 10.9 Å². The summed E-state index contributed by atoms with van der Waals surface area (Å²) in [6.45, 7) is 1.63. The molecule has 3 N–H and O–H groups in total. The molecule has 0 fully saturated rings. The summed E-state index contributed by atoms with van der Waals surface area (Å²) < 4.78 is 23.6. The SMILES string of the molecule is CC(/C(N)=N/O)n1cc(S(C)(=O)=O)cn1. The molecule has 1 rings (SSSR count). The standard InChI is InChI=1S/C7H12N4O3S/c1-5(7(8)10-12)11-4-6(3-9-11)15(2,13)14/h3-5,12H,1-2H3,(H2,8,10). The van der Waals surface area contributed by atoms with Gasteiger partial charge in [-0.05, 0) is 6.92 Å². The highest BCUT2D eigenvalue weighted by Crippen LogP contribution is 2.11. The first-order valence-corrected chi connectivity index (χ1v) is 5.97. The number of rotatable bonds is 3. The van der Waals surface area contributed by atoms with Crippen molar-refractivity contribution in [3.8, 4) is 0 Å². The third kappa shape index (κ3) is 2.46. The molecule has 7 nitrogen and oxygen atoms in total. The van der Waals surface area contributed by atoms with Crippen LogP contribution in [0, 0.1) is 0 Å². The van der Waals surface area contributed by atoms with Gasteiger partial charge >= 0.3 is 0 Å². The Balaban J connectivity index is 3.05. The molecule has 1 aromatic rings. The Bertz CT molecular complexity index is 476. The van der Waals surface area contributed by atoms with Crippen LogP contribution in [0.5, 0.6) is 0 Å². The molecule has 0 radical (unpaired) electrons. The van der Waals surface area contributed by atoms with Crippen molar-refractivity contribution in [1.82, 2.24) is 9.78 Å². The normalized spacial score (nSPS) is 15.2. The molecule has 0 aliphatic rings. The molecule has 0 spiro atoms. The molecule has 0 bridgehead atoms. The minimum atomic E-state index is -3.27. The molecule has 0 aromatic carbocycles. The van der Waals surface area contributed by atoms with Gasteiger partial charge in [-0.2, -0.15) is 5.10 Å². The van der Waals surface area contributed by atoms with E-state index in [0.717, 1.165) is 6.26 Å². The molecule has 0 aliphatic carbocycles. The quantitative estimate of drug-likeness (QED) is 0.318. The average molecular weight is 232 g/mol. The molecule has 1 aromatic heterocycles. The Morgan fingerprint density at radius 1 is 1.73 bits per heavy atom. The molecule has 1 atom stereocenters. The number of oxime groups is 1. The predicted octanol–water partition coefficient (Wildman–Crippen LogP) is -0.406. The van der Waals surface area contributed by atoms with E-state index >= 15 is 0 Å². The lowest BCUT2D eigenvalue weighted by Crippen LogP contribution is -2.24. The molecule has 1 heterocycles. The van der Waals surface area contributed by atoms with E-state index in [-0.39, 0.29) is 10.7 Å². The minimum absolute atomic E-state index is 0.0434. The Morgan fingerprint density at radius 3 is 2.73 bits per heavy atom. The van der Waals surface area contributed by atoms with E-state index in [9.17, 15) is 8.42 Å². The van der Waals surface area contributed by atoms with Crippen molar-refractivity contribution >= 4 is 15.7 Å². The molecule has 0 amide bonds. The summed E-state index contributed by atoms with van der Waals surface area (Å²) in [7, 11) is -3.27. The average Bonchev–Trinajstić information content (AvgIpc) is 2.63. The summed E-state index contributed by atoms with van der Waals surface area (Å²) in [6, 6.07) is -0.495. The third-order valence-corrected chi connectivity index (χ3v) is 3.01. The highest BCUT2D eigenvalue weighted by atomic mass is 32.2. The number of hydrogen-bond acceptors (Lipinski definition) is 5. The van der Waals surface area contributed by atoms with Crippen LogP contribution in [0.3, 0.4) is 0 Å². The van der Waals surface area contributed by atoms with Gasteiger partial charge in [0.1, 0.15) is 10.9 Å². The van der Waals surface area contributed by atoms with Crippen LogP contribution in [0.1, 0.15) is 13.0 Å². The van der Waals surface area contributed by atoms with Crippen LogP contribution >= 0.6 is 0 Å². The van der Waals surface area contributed by atoms with Gasteiger partial charge in [-0.25, -0.2) is 8.42 Å². The van der Waals surface area contributed by atoms with Gasteiger partial charge in [0, 0.05) is 12.5 Å². The van der Waals surface area contributed by atoms with Gasteiger partial charge in [-0.3, -0.25) is 4.68 Å². The topological polar surface area (TPSA) is 111 Å². The first-order valence-electron chi connectivity index (χ1n) is 4.08. The maximum Gasteiger partial charge on any atom is 0.178 e. The van der Waals surface area contributed by atoms with Crippen molar-refractivity contribution in [3.05, 3.63) is 12.4 Å². The Hall–Kier alpha value is -1.57. The zero-order valence-electron chi connectivity index (χ0n) is 8.32. The monoisotopic (exact) mass is 232 g/mol. The smallest absolute Gasteiger partial charge is 0.178 e. The second-order valence-electron chi connectivity index (χ2n) is 3.13. The second kappa shape index (κ2) is 3.89. The van der Waals surface area contributed by atoms with Crippen LogP contribution in [0.25, 0.3) is 0 Å². The molecule has 0 aliphatic heterocycles. The Labute approximate surface area is 87.1 Å². The van der Waals surface area contributed by atoms with E-state index < -0.39 is 15.9 Å². The van der Waals surface area contributed by atoms with E-state index in [0.29, 0.717) is 0 Å². The fourth-order valence-electron chi connectivity index (χ4n) is 0.943. The number of amidine groups is 1. The Morgan fingerprint density at radius 2 is 2.33 bits per heavy atom. The van der Waals surface area contributed by atoms with E-state index in [1.807, 2.05) is 0 Å². The molecule has 84 valence electrons. The second-order valence-corrected chi connectivity index (χ2v) is 5.14. The van der Waals surface area contributed by atoms with Gasteiger partial charge in [-0.15, -0.1) is 0 Å². The molecule has 0 saturated heterocycles. The van der Waals surface area contributed by atoms with Crippen molar-refractivity contribution in [1.29, 1.82) is 0 Å². The molecule has 15 heavy (non-hydrogen) atoms. The lowest BCUT2D eigenvalue weighted by Gasteiger charge is -2.08. The van der Waals surface area contributed by atoms with Crippen LogP contribution in [0.15, 0.2) is 22.4 Å². The zero-order chi connectivity index (χ0) is 11.6. The van der Waals surface area contributed by atoms with Crippen LogP contribution in [0.4, 0.5) is 0 Å². The predicted molar refractivity (Wildman–Crippen MR) is 53.5 cm³/mol. The van der Waals surface area contributed by atoms with Crippen LogP contribution in [-0.4, -0.2) is 35.5 Å². The maximum atomic E-state index is 11.1. The highest BCUT2D eigenvalue weighted by Gasteiger charge is 2.15. The number of nitrogens with two attached hydrogens (primary N) is 1. The lowest BCUT2D eigenvalue weighted by molar-refractivity contribution is 0.313. The van der Waals surface area contributed by atoms with Gasteiger partial charge in [0.05, 0.1) is 6.20 Å². The molecule has 0 saturated carbocycles. The van der Waals surface area contributed by atoms with Crippen LogP contribution < -0.4 is 5.73 Å². The van der Waals surface area contributed by atoms with E-state index in [1.54, 1.807) is 6.92 Å². The summed E-state index contributed by atoms with van der Waals surface area (Å²) >= 11 is 0. The first-order chi connectivity index (χ1) is 6.86. The number of nitrogens with zero attached hydrogens (tertiary/aromatic N) is 3. The maximum absolute atomic E-state index is 11.1. The molecular weight excluding hydrogens is 220 g/mol. The van der Waals surface area contributed by atoms with E-state index in [2.05, 4.69) is 10.3 Å². The van der Waals surface area contributed by atoms with Crippen molar-refractivity contribution < 1.29 is 13.6 Å². The molecule has 8 heteroatoms. The summed E-state index contributed by atoms with van der Waals surface area (Å²) in [6.07, 6.45) is 3.64. The van der Waals surface area contributed by atoms with Crippen LogP contribution in [-0.2, 0) is 9.84 Å². The van der Waals surface area contributed by atoms with Gasteiger partial charge < -0.3 is 10.9 Å². The zero-order valence-corrected chi connectivity index (χ0v) is 9.14. The highest BCUT2D eigenvalue weighted by molar-refractivity contribution is 7.90. The fraction of sp³-hybridized carbons (Fsp3) is 0.429. The minimum Gasteiger partial charge on any atom is -0.409 e. The molecular formula is C7H12N4O3S. The number of aromatic nitrogens is 2. The summed E-state index contributed by atoms with van der Waals surface area (Å²) in [4.78, 5) is 0.0973. The Kier molecular flexibility index (Phi) is 2.98. The van der Waals surface area contributed by atoms with Gasteiger partial charge in [0.2, 0.25) is 0 Å². The number of hydrogen-bond donors (Lipinski definition) is 2. The van der Waals surface area contributed by atoms with Gasteiger partial charge in [0.25, 0.3) is 0 Å². The van der Waals surface area contributed by atoms with Crippen molar-refractivity contribution in [2.45, 2.75) is 17.9 Å². The summed E-state index contributed by atoms with van der Waals surface area (Å²) in [5, 5.41) is 15.1. The van der Waals surface area contributed by atoms with Crippen LogP contribution in [0.2, 0.25) is 0 Å². The van der Waals surface area contributed by atoms with Crippen molar-refractivity contribution in [2.75, 3.05) is 6.26 Å². The van der Waals surface area contributed by atoms with Crippen molar-refractivity contribution in [3.63, 3.8) is 0 Å². The molecule has 1 unspecified atom stereocenters.